The van der Waals surface area contributed by atoms with Crippen LogP contribution in [0.25, 0.3) is 0 Å². The van der Waals surface area contributed by atoms with E-state index in [0.717, 1.165) is 30.6 Å². The van der Waals surface area contributed by atoms with E-state index in [-0.39, 0.29) is 12.1 Å². The van der Waals surface area contributed by atoms with Crippen LogP contribution in [0.1, 0.15) is 79.1 Å². The van der Waals surface area contributed by atoms with E-state index in [1.807, 2.05) is 0 Å². The van der Waals surface area contributed by atoms with Gasteiger partial charge >= 0.3 is 5.97 Å². The molecule has 146 valence electrons. The van der Waals surface area contributed by atoms with E-state index in [9.17, 15) is 4.79 Å². The lowest BCUT2D eigenvalue weighted by atomic mass is 9.47. The summed E-state index contributed by atoms with van der Waals surface area (Å²) in [6, 6.07) is 0.325. The lowest BCUT2D eigenvalue weighted by molar-refractivity contribution is -0.148. The second kappa shape index (κ2) is 6.36. The molecule has 0 radical (unpaired) electrons. The standard InChI is InChI=1S/C23H37NO2/c1-14(24)19-7-8-20-18-6-5-16-13-17(26-15(2)25)9-11-22(16,3)21(18)10-12-23(19,20)4/h5,14,17-21H,6-13,24H2,1-4H3/t14-,17+,18+,19-,20+,21+,22+,23-/m1/s1. The van der Waals surface area contributed by atoms with E-state index in [1.54, 1.807) is 5.57 Å². The van der Waals surface area contributed by atoms with Crippen LogP contribution in [0.3, 0.4) is 0 Å². The first-order chi connectivity index (χ1) is 12.3. The second-order valence-corrected chi connectivity index (χ2v) is 10.3. The van der Waals surface area contributed by atoms with Gasteiger partial charge < -0.3 is 10.5 Å². The Bertz CT molecular complexity index is 611. The van der Waals surface area contributed by atoms with Gasteiger partial charge in [0.15, 0.2) is 0 Å². The van der Waals surface area contributed by atoms with Gasteiger partial charge in [0.25, 0.3) is 0 Å². The van der Waals surface area contributed by atoms with Gasteiger partial charge in [-0.25, -0.2) is 0 Å². The van der Waals surface area contributed by atoms with Crippen molar-refractivity contribution in [2.75, 3.05) is 0 Å². The van der Waals surface area contributed by atoms with Crippen molar-refractivity contribution >= 4 is 5.97 Å². The Balaban J connectivity index is 1.58. The summed E-state index contributed by atoms with van der Waals surface area (Å²) < 4.78 is 5.55. The Morgan fingerprint density at radius 1 is 1.19 bits per heavy atom. The lowest BCUT2D eigenvalue weighted by Gasteiger charge is -2.58. The molecule has 0 aliphatic heterocycles. The van der Waals surface area contributed by atoms with E-state index in [2.05, 4.69) is 26.8 Å². The summed E-state index contributed by atoms with van der Waals surface area (Å²) in [5, 5.41) is 0. The van der Waals surface area contributed by atoms with Crippen molar-refractivity contribution in [1.29, 1.82) is 0 Å². The monoisotopic (exact) mass is 359 g/mol. The third-order valence-corrected chi connectivity index (χ3v) is 9.10. The van der Waals surface area contributed by atoms with Crippen molar-refractivity contribution in [1.82, 2.24) is 0 Å². The Morgan fingerprint density at radius 3 is 2.65 bits per heavy atom. The third kappa shape index (κ3) is 2.68. The van der Waals surface area contributed by atoms with Gasteiger partial charge in [0.05, 0.1) is 0 Å². The van der Waals surface area contributed by atoms with Crippen LogP contribution < -0.4 is 5.73 Å². The first-order valence-corrected chi connectivity index (χ1v) is 10.9. The Kier molecular flexibility index (Phi) is 4.53. The summed E-state index contributed by atoms with van der Waals surface area (Å²) in [5.74, 6) is 3.06. The van der Waals surface area contributed by atoms with Gasteiger partial charge in [-0.2, -0.15) is 0 Å². The quantitative estimate of drug-likeness (QED) is 0.567. The molecule has 2 N–H and O–H groups in total. The third-order valence-electron chi connectivity index (χ3n) is 9.10. The van der Waals surface area contributed by atoms with Crippen LogP contribution in [0, 0.1) is 34.5 Å². The number of carbonyl (C=O) groups excluding carboxylic acids is 1. The predicted octanol–water partition coefficient (Wildman–Crippen LogP) is 4.84. The highest BCUT2D eigenvalue weighted by Gasteiger charge is 2.59. The molecule has 0 aromatic rings. The molecule has 3 nitrogen and oxygen atoms in total. The number of nitrogens with two attached hydrogens (primary N) is 1. The molecule has 0 saturated heterocycles. The molecule has 4 aliphatic rings. The van der Waals surface area contributed by atoms with Crippen LogP contribution in [0.2, 0.25) is 0 Å². The number of fused-ring (bicyclic) bond motifs is 5. The molecule has 3 heteroatoms. The molecule has 3 saturated carbocycles. The number of allylic oxidation sites excluding steroid dienone is 1. The van der Waals surface area contributed by atoms with E-state index < -0.39 is 0 Å². The fourth-order valence-electron chi connectivity index (χ4n) is 7.87. The summed E-state index contributed by atoms with van der Waals surface area (Å²) in [6.45, 7) is 8.82. The zero-order chi connectivity index (χ0) is 18.7. The van der Waals surface area contributed by atoms with E-state index in [1.165, 1.54) is 45.4 Å². The summed E-state index contributed by atoms with van der Waals surface area (Å²) >= 11 is 0. The number of hydrogen-bond acceptors (Lipinski definition) is 3. The number of rotatable bonds is 2. The van der Waals surface area contributed by atoms with Crippen molar-refractivity contribution in [3.05, 3.63) is 11.6 Å². The molecule has 0 aromatic heterocycles. The van der Waals surface area contributed by atoms with Gasteiger partial charge in [-0.1, -0.05) is 25.5 Å². The van der Waals surface area contributed by atoms with Crippen molar-refractivity contribution in [3.63, 3.8) is 0 Å². The van der Waals surface area contributed by atoms with Gasteiger partial charge in [0.2, 0.25) is 0 Å². The van der Waals surface area contributed by atoms with Gasteiger partial charge in [-0.05, 0) is 86.4 Å². The van der Waals surface area contributed by atoms with Crippen molar-refractivity contribution in [2.45, 2.75) is 91.2 Å². The zero-order valence-electron chi connectivity index (χ0n) is 17.1. The van der Waals surface area contributed by atoms with E-state index >= 15 is 0 Å². The lowest BCUT2D eigenvalue weighted by Crippen LogP contribution is -2.52. The minimum absolute atomic E-state index is 0.103. The summed E-state index contributed by atoms with van der Waals surface area (Å²) in [6.07, 6.45) is 12.4. The molecule has 0 heterocycles. The molecule has 4 rings (SSSR count). The minimum Gasteiger partial charge on any atom is -0.462 e. The van der Waals surface area contributed by atoms with Crippen molar-refractivity contribution in [3.8, 4) is 0 Å². The topological polar surface area (TPSA) is 52.3 Å². The van der Waals surface area contributed by atoms with Crippen LogP contribution in [-0.4, -0.2) is 18.1 Å². The fraction of sp³-hybridized carbons (Fsp3) is 0.870. The van der Waals surface area contributed by atoms with Crippen molar-refractivity contribution < 1.29 is 9.53 Å². The fourth-order valence-corrected chi connectivity index (χ4v) is 7.87. The Labute approximate surface area is 159 Å². The Morgan fingerprint density at radius 2 is 1.96 bits per heavy atom. The summed E-state index contributed by atoms with van der Waals surface area (Å²) in [4.78, 5) is 11.4. The minimum atomic E-state index is -0.130. The molecule has 0 bridgehead atoms. The molecule has 0 aromatic carbocycles. The average molecular weight is 360 g/mol. The molecule has 26 heavy (non-hydrogen) atoms. The molecule has 0 spiro atoms. The normalized spacial score (nSPS) is 48.7. The molecule has 3 fully saturated rings. The number of ether oxygens (including phenoxy) is 1. The number of hydrogen-bond donors (Lipinski definition) is 1. The molecular formula is C23H37NO2. The largest absolute Gasteiger partial charge is 0.462 e. The van der Waals surface area contributed by atoms with Crippen molar-refractivity contribution in [2.24, 2.45) is 40.2 Å². The molecule has 0 amide bonds. The number of esters is 1. The van der Waals surface area contributed by atoms with Crippen LogP contribution in [0.5, 0.6) is 0 Å². The van der Waals surface area contributed by atoms with Gasteiger partial charge in [0, 0.05) is 19.4 Å². The second-order valence-electron chi connectivity index (χ2n) is 10.3. The van der Waals surface area contributed by atoms with Gasteiger partial charge in [-0.3, -0.25) is 4.79 Å². The molecular weight excluding hydrogens is 322 g/mol. The highest BCUT2D eigenvalue weighted by molar-refractivity contribution is 5.66. The molecule has 4 aliphatic carbocycles. The summed E-state index contributed by atoms with van der Waals surface area (Å²) in [7, 11) is 0. The maximum absolute atomic E-state index is 11.4. The van der Waals surface area contributed by atoms with Crippen LogP contribution in [0.4, 0.5) is 0 Å². The zero-order valence-corrected chi connectivity index (χ0v) is 17.1. The van der Waals surface area contributed by atoms with Gasteiger partial charge in [0.1, 0.15) is 6.10 Å². The SMILES string of the molecule is CC(=O)O[C@H]1CC[C@@]2(C)C(=CC[C@H]3[C@@H]4CC[C@H]([C@@H](C)N)[C@@]4(C)CC[C@@H]32)C1. The van der Waals surface area contributed by atoms with E-state index in [0.29, 0.717) is 22.8 Å². The highest BCUT2D eigenvalue weighted by atomic mass is 16.5. The maximum atomic E-state index is 11.4. The van der Waals surface area contributed by atoms with Crippen LogP contribution >= 0.6 is 0 Å². The first kappa shape index (κ1) is 18.5. The first-order valence-electron chi connectivity index (χ1n) is 10.9. The summed E-state index contributed by atoms with van der Waals surface area (Å²) in [5.41, 5.74) is 8.75. The van der Waals surface area contributed by atoms with Gasteiger partial charge in [-0.15, -0.1) is 0 Å². The van der Waals surface area contributed by atoms with Crippen LogP contribution in [0.15, 0.2) is 11.6 Å². The molecule has 8 atom stereocenters. The highest BCUT2D eigenvalue weighted by Crippen LogP contribution is 2.66. The van der Waals surface area contributed by atoms with E-state index in [4.69, 9.17) is 10.5 Å². The Hall–Kier alpha value is -0.830. The molecule has 0 unspecified atom stereocenters. The van der Waals surface area contributed by atoms with Crippen LogP contribution in [-0.2, 0) is 9.53 Å². The predicted molar refractivity (Wildman–Crippen MR) is 104 cm³/mol. The smallest absolute Gasteiger partial charge is 0.302 e. The maximum Gasteiger partial charge on any atom is 0.302 e. The average Bonchev–Trinajstić information content (AvgIpc) is 2.92. The number of carbonyl (C=O) groups is 1.